The van der Waals surface area contributed by atoms with Crippen molar-refractivity contribution in [2.45, 2.75) is 25.9 Å². The number of aliphatic hydroxyl groups is 1. The van der Waals surface area contributed by atoms with Crippen LogP contribution in [0, 0.1) is 5.92 Å². The van der Waals surface area contributed by atoms with Crippen molar-refractivity contribution in [2.75, 3.05) is 13.1 Å². The first-order valence-electron chi connectivity index (χ1n) is 3.71. The Bertz CT molecular complexity index is 85.0. The fourth-order valence-corrected chi connectivity index (χ4v) is 1.32. The molecule has 1 aliphatic heterocycles. The molecule has 0 amide bonds. The third-order valence-corrected chi connectivity index (χ3v) is 2.00. The average molecular weight is 129 g/mol. The normalized spacial score (nSPS) is 36.7. The molecule has 0 aromatic carbocycles. The Balaban J connectivity index is 2.23. The van der Waals surface area contributed by atoms with Crippen LogP contribution in [-0.4, -0.2) is 24.3 Å². The highest BCUT2D eigenvalue weighted by Crippen LogP contribution is 2.12. The van der Waals surface area contributed by atoms with Crippen molar-refractivity contribution in [3.8, 4) is 0 Å². The van der Waals surface area contributed by atoms with Crippen LogP contribution in [0.3, 0.4) is 0 Å². The average Bonchev–Trinajstić information content (AvgIpc) is 1.88. The predicted molar refractivity (Wildman–Crippen MR) is 37.3 cm³/mol. The van der Waals surface area contributed by atoms with E-state index in [1.54, 1.807) is 0 Å². The number of hydrogen-bond acceptors (Lipinski definition) is 2. The monoisotopic (exact) mass is 129 g/mol. The number of hydrogen-bond donors (Lipinski definition) is 2. The second-order valence-electron chi connectivity index (χ2n) is 2.82. The van der Waals surface area contributed by atoms with Crippen LogP contribution < -0.4 is 5.32 Å². The van der Waals surface area contributed by atoms with Crippen LogP contribution in [0.4, 0.5) is 0 Å². The molecule has 2 atom stereocenters. The molecule has 0 aromatic heterocycles. The number of rotatable bonds is 1. The van der Waals surface area contributed by atoms with Gasteiger partial charge in [-0.1, -0.05) is 13.3 Å². The van der Waals surface area contributed by atoms with Gasteiger partial charge in [0.1, 0.15) is 0 Å². The third-order valence-electron chi connectivity index (χ3n) is 2.00. The quantitative estimate of drug-likeness (QED) is 0.536. The molecule has 0 saturated carbocycles. The molecular weight excluding hydrogens is 114 g/mol. The molecule has 1 rings (SSSR count). The SMILES string of the molecule is CCC1CNC[C@H](O)C1. The second-order valence-corrected chi connectivity index (χ2v) is 2.82. The Morgan fingerprint density at radius 3 is 2.78 bits per heavy atom. The van der Waals surface area contributed by atoms with Gasteiger partial charge in [0.15, 0.2) is 0 Å². The molecule has 1 aliphatic rings. The fraction of sp³-hybridized carbons (Fsp3) is 1.00. The Hall–Kier alpha value is -0.0800. The Kier molecular flexibility index (Phi) is 2.49. The van der Waals surface area contributed by atoms with Crippen molar-refractivity contribution >= 4 is 0 Å². The van der Waals surface area contributed by atoms with Gasteiger partial charge in [-0.25, -0.2) is 0 Å². The van der Waals surface area contributed by atoms with Gasteiger partial charge >= 0.3 is 0 Å². The molecule has 2 nitrogen and oxygen atoms in total. The van der Waals surface area contributed by atoms with Crippen molar-refractivity contribution in [2.24, 2.45) is 5.92 Å². The van der Waals surface area contributed by atoms with E-state index in [1.807, 2.05) is 0 Å². The standard InChI is InChI=1S/C7H15NO/c1-2-6-3-7(9)5-8-4-6/h6-9H,2-5H2,1H3/t6?,7-/m1/s1. The highest BCUT2D eigenvalue weighted by Gasteiger charge is 2.17. The number of β-amino-alcohol motifs (C(OH)–C–C–N with tert-alkyl or cyclic N) is 1. The maximum atomic E-state index is 9.15. The maximum absolute atomic E-state index is 9.15. The fourth-order valence-electron chi connectivity index (χ4n) is 1.32. The maximum Gasteiger partial charge on any atom is 0.0667 e. The lowest BCUT2D eigenvalue weighted by atomic mass is 9.95. The van der Waals surface area contributed by atoms with E-state index in [0.717, 1.165) is 19.5 Å². The minimum absolute atomic E-state index is 0.0938. The van der Waals surface area contributed by atoms with E-state index in [4.69, 9.17) is 5.11 Å². The van der Waals surface area contributed by atoms with Gasteiger partial charge in [0.25, 0.3) is 0 Å². The minimum Gasteiger partial charge on any atom is -0.392 e. The summed E-state index contributed by atoms with van der Waals surface area (Å²) in [4.78, 5) is 0. The van der Waals surface area contributed by atoms with Crippen LogP contribution in [0.5, 0.6) is 0 Å². The lowest BCUT2D eigenvalue weighted by molar-refractivity contribution is 0.113. The van der Waals surface area contributed by atoms with Crippen LogP contribution in [0.25, 0.3) is 0 Å². The third kappa shape index (κ3) is 1.95. The van der Waals surface area contributed by atoms with E-state index < -0.39 is 0 Å². The molecule has 2 heteroatoms. The van der Waals surface area contributed by atoms with Crippen LogP contribution in [0.1, 0.15) is 19.8 Å². The van der Waals surface area contributed by atoms with E-state index >= 15 is 0 Å². The molecule has 1 saturated heterocycles. The summed E-state index contributed by atoms with van der Waals surface area (Å²) in [5.41, 5.74) is 0. The van der Waals surface area contributed by atoms with Crippen LogP contribution in [-0.2, 0) is 0 Å². The zero-order valence-electron chi connectivity index (χ0n) is 5.93. The molecule has 2 N–H and O–H groups in total. The first kappa shape index (κ1) is 7.03. The van der Waals surface area contributed by atoms with E-state index in [9.17, 15) is 0 Å². The summed E-state index contributed by atoms with van der Waals surface area (Å²) < 4.78 is 0. The van der Waals surface area contributed by atoms with Crippen molar-refractivity contribution in [1.29, 1.82) is 0 Å². The van der Waals surface area contributed by atoms with Crippen LogP contribution in [0.15, 0.2) is 0 Å². The molecule has 1 heterocycles. The molecule has 0 radical (unpaired) electrons. The van der Waals surface area contributed by atoms with Crippen molar-refractivity contribution < 1.29 is 5.11 Å². The van der Waals surface area contributed by atoms with Gasteiger partial charge in [0, 0.05) is 6.54 Å². The summed E-state index contributed by atoms with van der Waals surface area (Å²) in [7, 11) is 0. The Morgan fingerprint density at radius 1 is 1.56 bits per heavy atom. The lowest BCUT2D eigenvalue weighted by Gasteiger charge is -2.25. The summed E-state index contributed by atoms with van der Waals surface area (Å²) in [5, 5.41) is 12.3. The second kappa shape index (κ2) is 3.18. The zero-order valence-corrected chi connectivity index (χ0v) is 5.93. The molecule has 1 fully saturated rings. The Labute approximate surface area is 56.3 Å². The minimum atomic E-state index is -0.0938. The topological polar surface area (TPSA) is 32.3 Å². The van der Waals surface area contributed by atoms with E-state index in [2.05, 4.69) is 12.2 Å². The van der Waals surface area contributed by atoms with Crippen LogP contribution >= 0.6 is 0 Å². The number of aliphatic hydroxyl groups excluding tert-OH is 1. The van der Waals surface area contributed by atoms with Gasteiger partial charge in [-0.3, -0.25) is 0 Å². The highest BCUT2D eigenvalue weighted by atomic mass is 16.3. The predicted octanol–water partition coefficient (Wildman–Crippen LogP) is 0.367. The van der Waals surface area contributed by atoms with Gasteiger partial charge in [-0.2, -0.15) is 0 Å². The zero-order chi connectivity index (χ0) is 6.69. The van der Waals surface area contributed by atoms with E-state index in [-0.39, 0.29) is 6.10 Å². The molecule has 0 aromatic rings. The van der Waals surface area contributed by atoms with Crippen LogP contribution in [0.2, 0.25) is 0 Å². The largest absolute Gasteiger partial charge is 0.392 e. The van der Waals surface area contributed by atoms with E-state index in [1.165, 1.54) is 6.42 Å². The molecule has 0 aliphatic carbocycles. The number of piperidine rings is 1. The summed E-state index contributed by atoms with van der Waals surface area (Å²) in [6, 6.07) is 0. The summed E-state index contributed by atoms with van der Waals surface area (Å²) in [5.74, 6) is 0.703. The Morgan fingerprint density at radius 2 is 2.33 bits per heavy atom. The van der Waals surface area contributed by atoms with Gasteiger partial charge in [-0.05, 0) is 18.9 Å². The highest BCUT2D eigenvalue weighted by molar-refractivity contribution is 4.73. The molecule has 9 heavy (non-hydrogen) atoms. The van der Waals surface area contributed by atoms with Crippen molar-refractivity contribution in [3.63, 3.8) is 0 Å². The van der Waals surface area contributed by atoms with Gasteiger partial charge < -0.3 is 10.4 Å². The van der Waals surface area contributed by atoms with Gasteiger partial charge in [0.2, 0.25) is 0 Å². The first-order chi connectivity index (χ1) is 4.33. The molecule has 0 bridgehead atoms. The molecule has 54 valence electrons. The molecule has 1 unspecified atom stereocenters. The van der Waals surface area contributed by atoms with Gasteiger partial charge in [0.05, 0.1) is 6.10 Å². The van der Waals surface area contributed by atoms with E-state index in [0.29, 0.717) is 5.92 Å². The van der Waals surface area contributed by atoms with Crippen molar-refractivity contribution in [3.05, 3.63) is 0 Å². The molecule has 0 spiro atoms. The summed E-state index contributed by atoms with van der Waals surface area (Å²) in [6.45, 7) is 4.05. The van der Waals surface area contributed by atoms with Crippen molar-refractivity contribution in [1.82, 2.24) is 5.32 Å². The smallest absolute Gasteiger partial charge is 0.0667 e. The lowest BCUT2D eigenvalue weighted by Crippen LogP contribution is -2.38. The summed E-state index contributed by atoms with van der Waals surface area (Å²) >= 11 is 0. The summed E-state index contributed by atoms with van der Waals surface area (Å²) in [6.07, 6.45) is 2.08. The number of nitrogens with one attached hydrogen (secondary N) is 1. The van der Waals surface area contributed by atoms with Gasteiger partial charge in [-0.15, -0.1) is 0 Å². The molecular formula is C7H15NO. The first-order valence-corrected chi connectivity index (χ1v) is 3.71.